The Hall–Kier alpha value is -1.15. The summed E-state index contributed by atoms with van der Waals surface area (Å²) in [5, 5.41) is 48.8. The van der Waals surface area contributed by atoms with E-state index in [2.05, 4.69) is 11.4 Å². The van der Waals surface area contributed by atoms with Crippen LogP contribution >= 0.6 is 7.82 Å². The molecule has 13 nitrogen and oxygen atoms in total. The summed E-state index contributed by atoms with van der Waals surface area (Å²) in [6.07, 6.45) is -8.58. The summed E-state index contributed by atoms with van der Waals surface area (Å²) >= 11 is 0. The molecule has 0 aromatic carbocycles. The van der Waals surface area contributed by atoms with Crippen molar-refractivity contribution in [3.8, 4) is 0 Å². The van der Waals surface area contributed by atoms with Crippen molar-refractivity contribution in [3.05, 3.63) is 0 Å². The van der Waals surface area contributed by atoms with Gasteiger partial charge in [0.15, 0.2) is 6.10 Å². The molecular formula is C19H35O13P. The molecule has 1 fully saturated rings. The van der Waals surface area contributed by atoms with Crippen LogP contribution in [0.3, 0.4) is 0 Å². The second kappa shape index (κ2) is 14.3. The summed E-state index contributed by atoms with van der Waals surface area (Å²) in [5.41, 5.74) is 0. The van der Waals surface area contributed by atoms with Gasteiger partial charge in [0.2, 0.25) is 0 Å². The number of hydrogen-bond donors (Lipinski definition) is 6. The van der Waals surface area contributed by atoms with E-state index in [0.717, 1.165) is 32.6 Å². The third-order valence-electron chi connectivity index (χ3n) is 5.01. The van der Waals surface area contributed by atoms with E-state index in [1.165, 1.54) is 0 Å². The van der Waals surface area contributed by atoms with Crippen LogP contribution in [0.25, 0.3) is 0 Å². The van der Waals surface area contributed by atoms with Crippen LogP contribution < -0.4 is 0 Å². The van der Waals surface area contributed by atoms with Gasteiger partial charge in [-0.15, -0.1) is 0 Å². The maximum absolute atomic E-state index is 12.3. The van der Waals surface area contributed by atoms with Crippen molar-refractivity contribution in [2.24, 2.45) is 0 Å². The standard InChI is InChI=1S/C19H35O13P/c1-3-4-5-6-7-8-13(21)31-12(9-29-11(2)20)10-30-33(27,28)32-19-17(25)15(23)14(22)16(24)18(19)26/h12,14-19,22-26H,3-10H2,1-2H3,(H,27,28). The molecule has 1 aliphatic carbocycles. The van der Waals surface area contributed by atoms with Gasteiger partial charge in [0.05, 0.1) is 6.61 Å². The Morgan fingerprint density at radius 1 is 0.879 bits per heavy atom. The summed E-state index contributed by atoms with van der Waals surface area (Å²) in [5.74, 6) is -1.31. The van der Waals surface area contributed by atoms with Gasteiger partial charge in [-0.25, -0.2) is 4.57 Å². The lowest BCUT2D eigenvalue weighted by Crippen LogP contribution is -2.64. The number of esters is 2. The number of aliphatic hydroxyl groups is 5. The van der Waals surface area contributed by atoms with Crippen molar-refractivity contribution >= 4 is 19.8 Å². The summed E-state index contributed by atoms with van der Waals surface area (Å²) < 4.78 is 31.6. The molecule has 194 valence electrons. The molecule has 6 unspecified atom stereocenters. The van der Waals surface area contributed by atoms with Crippen LogP contribution in [0.4, 0.5) is 0 Å². The number of phosphoric acid groups is 1. The zero-order valence-corrected chi connectivity index (χ0v) is 19.6. The Balaban J connectivity index is 2.67. The van der Waals surface area contributed by atoms with Gasteiger partial charge in [-0.3, -0.25) is 18.6 Å². The van der Waals surface area contributed by atoms with Crippen LogP contribution in [0.2, 0.25) is 0 Å². The molecule has 14 heteroatoms. The average Bonchev–Trinajstić information content (AvgIpc) is 2.75. The highest BCUT2D eigenvalue weighted by Gasteiger charge is 2.51. The lowest BCUT2D eigenvalue weighted by molar-refractivity contribution is -0.220. The minimum atomic E-state index is -5.04. The van der Waals surface area contributed by atoms with E-state index in [1.54, 1.807) is 0 Å². The number of aliphatic hydroxyl groups excluding tert-OH is 5. The molecule has 0 saturated heterocycles. The number of rotatable bonds is 14. The second-order valence-corrected chi connectivity index (χ2v) is 9.27. The number of phosphoric ester groups is 1. The molecule has 0 aromatic heterocycles. The van der Waals surface area contributed by atoms with Crippen LogP contribution in [-0.2, 0) is 32.7 Å². The minimum Gasteiger partial charge on any atom is -0.462 e. The van der Waals surface area contributed by atoms with Crippen molar-refractivity contribution in [1.82, 2.24) is 0 Å². The minimum absolute atomic E-state index is 0.0894. The molecule has 0 spiro atoms. The van der Waals surface area contributed by atoms with E-state index in [4.69, 9.17) is 14.0 Å². The number of carbonyl (C=O) groups is 2. The largest absolute Gasteiger partial charge is 0.472 e. The van der Waals surface area contributed by atoms with Crippen LogP contribution in [0, 0.1) is 0 Å². The van der Waals surface area contributed by atoms with Crippen LogP contribution in [0.1, 0.15) is 52.4 Å². The van der Waals surface area contributed by atoms with E-state index in [1.807, 2.05) is 0 Å². The predicted octanol–water partition coefficient (Wildman–Crippen LogP) is -0.858. The Kier molecular flexibility index (Phi) is 12.9. The van der Waals surface area contributed by atoms with Crippen molar-refractivity contribution in [3.63, 3.8) is 0 Å². The van der Waals surface area contributed by atoms with Gasteiger partial charge in [-0.2, -0.15) is 0 Å². The zero-order valence-electron chi connectivity index (χ0n) is 18.7. The molecule has 6 N–H and O–H groups in total. The Morgan fingerprint density at radius 2 is 1.42 bits per heavy atom. The SMILES string of the molecule is CCCCCCCC(=O)OC(COC(C)=O)COP(=O)(O)OC1C(O)C(O)C(O)C(O)C1O. The highest BCUT2D eigenvalue weighted by molar-refractivity contribution is 7.47. The van der Waals surface area contributed by atoms with Gasteiger partial charge in [-0.05, 0) is 6.42 Å². The van der Waals surface area contributed by atoms with E-state index in [-0.39, 0.29) is 6.42 Å². The molecule has 6 atom stereocenters. The normalized spacial score (nSPS) is 30.3. The zero-order chi connectivity index (χ0) is 25.2. The second-order valence-electron chi connectivity index (χ2n) is 7.87. The van der Waals surface area contributed by atoms with Gasteiger partial charge in [0.25, 0.3) is 0 Å². The first-order valence-corrected chi connectivity index (χ1v) is 12.3. The molecular weight excluding hydrogens is 467 g/mol. The Bertz CT molecular complexity index is 644. The lowest BCUT2D eigenvalue weighted by Gasteiger charge is -2.41. The molecule has 0 amide bonds. The summed E-state index contributed by atoms with van der Waals surface area (Å²) in [6, 6.07) is 0. The van der Waals surface area contributed by atoms with Crippen molar-refractivity contribution in [1.29, 1.82) is 0 Å². The first-order chi connectivity index (χ1) is 15.4. The molecule has 0 aromatic rings. The third-order valence-corrected chi connectivity index (χ3v) is 5.99. The van der Waals surface area contributed by atoms with Gasteiger partial charge >= 0.3 is 19.8 Å². The number of unbranched alkanes of at least 4 members (excludes halogenated alkanes) is 4. The molecule has 1 saturated carbocycles. The highest BCUT2D eigenvalue weighted by Crippen LogP contribution is 2.47. The van der Waals surface area contributed by atoms with E-state index in [0.29, 0.717) is 6.42 Å². The average molecular weight is 502 g/mol. The number of hydrogen-bond acceptors (Lipinski definition) is 12. The summed E-state index contributed by atoms with van der Waals surface area (Å²) in [4.78, 5) is 33.0. The highest BCUT2D eigenvalue weighted by atomic mass is 31.2. The monoisotopic (exact) mass is 502 g/mol. The van der Waals surface area contributed by atoms with Gasteiger partial charge in [-0.1, -0.05) is 32.6 Å². The molecule has 0 aliphatic heterocycles. The van der Waals surface area contributed by atoms with Gasteiger partial charge in [0, 0.05) is 13.3 Å². The first-order valence-electron chi connectivity index (χ1n) is 10.8. The summed E-state index contributed by atoms with van der Waals surface area (Å²) in [6.45, 7) is 1.97. The van der Waals surface area contributed by atoms with Crippen molar-refractivity contribution in [2.45, 2.75) is 95.1 Å². The van der Waals surface area contributed by atoms with Crippen molar-refractivity contribution in [2.75, 3.05) is 13.2 Å². The third kappa shape index (κ3) is 10.3. The maximum atomic E-state index is 12.3. The van der Waals surface area contributed by atoms with Crippen LogP contribution in [0.15, 0.2) is 0 Å². The Labute approximate surface area is 191 Å². The molecule has 33 heavy (non-hydrogen) atoms. The smallest absolute Gasteiger partial charge is 0.462 e. The predicted molar refractivity (Wildman–Crippen MR) is 111 cm³/mol. The van der Waals surface area contributed by atoms with E-state index < -0.39 is 75.7 Å². The fourth-order valence-electron chi connectivity index (χ4n) is 3.13. The van der Waals surface area contributed by atoms with E-state index >= 15 is 0 Å². The fraction of sp³-hybridized carbons (Fsp3) is 0.895. The Morgan fingerprint density at radius 3 is 1.97 bits per heavy atom. The molecule has 1 rings (SSSR count). The lowest BCUT2D eigenvalue weighted by atomic mass is 9.85. The molecule has 1 aliphatic rings. The number of ether oxygens (including phenoxy) is 2. The first kappa shape index (κ1) is 29.9. The van der Waals surface area contributed by atoms with Crippen LogP contribution in [0.5, 0.6) is 0 Å². The van der Waals surface area contributed by atoms with E-state index in [9.17, 15) is 44.6 Å². The number of carbonyl (C=O) groups excluding carboxylic acids is 2. The maximum Gasteiger partial charge on any atom is 0.472 e. The van der Waals surface area contributed by atoms with Gasteiger partial charge in [0.1, 0.15) is 43.2 Å². The van der Waals surface area contributed by atoms with Gasteiger partial charge < -0.3 is 39.9 Å². The molecule has 0 heterocycles. The fourth-order valence-corrected chi connectivity index (χ4v) is 4.10. The summed E-state index contributed by atoms with van der Waals surface area (Å²) in [7, 11) is -5.04. The quantitative estimate of drug-likeness (QED) is 0.0971. The van der Waals surface area contributed by atoms with Crippen molar-refractivity contribution < 1.29 is 63.1 Å². The van der Waals surface area contributed by atoms with Crippen LogP contribution in [-0.4, -0.2) is 98.3 Å². The topological polar surface area (TPSA) is 210 Å². The molecule has 0 bridgehead atoms. The molecule has 0 radical (unpaired) electrons.